The number of guanidine groups is 1. The summed E-state index contributed by atoms with van der Waals surface area (Å²) in [5.74, 6) is 0.652. The highest BCUT2D eigenvalue weighted by Gasteiger charge is 2.22. The Morgan fingerprint density at radius 2 is 2.16 bits per heavy atom. The molecule has 0 aromatic heterocycles. The highest BCUT2D eigenvalue weighted by molar-refractivity contribution is 14.0. The molecule has 1 aliphatic rings. The fourth-order valence-electron chi connectivity index (χ4n) is 2.41. The van der Waals surface area contributed by atoms with Crippen LogP contribution in [0.2, 0.25) is 0 Å². The third-order valence-corrected chi connectivity index (χ3v) is 3.77. The molecule has 1 amide bonds. The third-order valence-electron chi connectivity index (χ3n) is 3.77. The van der Waals surface area contributed by atoms with Crippen molar-refractivity contribution in [3.05, 3.63) is 35.6 Å². The second-order valence-corrected chi connectivity index (χ2v) is 6.17. The first-order valence-corrected chi connectivity index (χ1v) is 8.61. The highest BCUT2D eigenvalue weighted by atomic mass is 127. The summed E-state index contributed by atoms with van der Waals surface area (Å²) in [5, 5.41) is 6.21. The van der Waals surface area contributed by atoms with E-state index in [1.54, 1.807) is 6.07 Å². The second kappa shape index (κ2) is 11.3. The molecule has 1 fully saturated rings. The van der Waals surface area contributed by atoms with Gasteiger partial charge in [0.25, 0.3) is 0 Å². The zero-order chi connectivity index (χ0) is 17.4. The Kier molecular flexibility index (Phi) is 9.77. The Hall–Kier alpha value is -1.38. The minimum absolute atomic E-state index is 0. The summed E-state index contributed by atoms with van der Waals surface area (Å²) in [6, 6.07) is 6.99. The summed E-state index contributed by atoms with van der Waals surface area (Å²) in [5.41, 5.74) is 0.895. The summed E-state index contributed by atoms with van der Waals surface area (Å²) < 4.78 is 13.3. The molecular formula is C18H28FIN4O. The molecule has 0 heterocycles. The van der Waals surface area contributed by atoms with E-state index in [1.807, 2.05) is 24.9 Å². The number of carbonyl (C=O) groups is 1. The quantitative estimate of drug-likeness (QED) is 0.271. The molecule has 1 aliphatic carbocycles. The number of hydrogen-bond acceptors (Lipinski definition) is 2. The van der Waals surface area contributed by atoms with Crippen molar-refractivity contribution in [2.24, 2.45) is 4.99 Å². The SMILES string of the molecule is CCNC(=NCCCC(=O)NC1CC1)N(C)Cc1cccc(F)c1.I. The van der Waals surface area contributed by atoms with Crippen molar-refractivity contribution in [1.82, 2.24) is 15.5 Å². The minimum Gasteiger partial charge on any atom is -0.357 e. The maximum absolute atomic E-state index is 13.3. The van der Waals surface area contributed by atoms with E-state index in [9.17, 15) is 9.18 Å². The molecular weight excluding hydrogens is 434 g/mol. The molecule has 1 aromatic rings. The van der Waals surface area contributed by atoms with Crippen molar-refractivity contribution in [3.8, 4) is 0 Å². The second-order valence-electron chi connectivity index (χ2n) is 6.17. The molecule has 140 valence electrons. The largest absolute Gasteiger partial charge is 0.357 e. The Labute approximate surface area is 166 Å². The van der Waals surface area contributed by atoms with E-state index in [1.165, 1.54) is 12.1 Å². The summed E-state index contributed by atoms with van der Waals surface area (Å²) in [6.07, 6.45) is 3.45. The van der Waals surface area contributed by atoms with Crippen LogP contribution in [0.4, 0.5) is 4.39 Å². The lowest BCUT2D eigenvalue weighted by Gasteiger charge is -2.22. The molecule has 7 heteroatoms. The van der Waals surface area contributed by atoms with E-state index in [4.69, 9.17) is 0 Å². The first-order chi connectivity index (χ1) is 11.6. The van der Waals surface area contributed by atoms with Crippen LogP contribution in [-0.2, 0) is 11.3 Å². The van der Waals surface area contributed by atoms with Gasteiger partial charge in [0.15, 0.2) is 5.96 Å². The van der Waals surface area contributed by atoms with Gasteiger partial charge >= 0.3 is 0 Å². The molecule has 0 saturated heterocycles. The van der Waals surface area contributed by atoms with Gasteiger partial charge in [0.2, 0.25) is 5.91 Å². The Morgan fingerprint density at radius 3 is 2.80 bits per heavy atom. The van der Waals surface area contributed by atoms with E-state index in [0.717, 1.165) is 37.3 Å². The van der Waals surface area contributed by atoms with Crippen LogP contribution < -0.4 is 10.6 Å². The van der Waals surface area contributed by atoms with Gasteiger partial charge in [-0.2, -0.15) is 0 Å². The fraction of sp³-hybridized carbons (Fsp3) is 0.556. The van der Waals surface area contributed by atoms with Gasteiger partial charge in [0, 0.05) is 39.1 Å². The van der Waals surface area contributed by atoms with E-state index >= 15 is 0 Å². The van der Waals surface area contributed by atoms with Crippen LogP contribution in [0.25, 0.3) is 0 Å². The monoisotopic (exact) mass is 462 g/mol. The number of carbonyl (C=O) groups excluding carboxylic acids is 1. The molecule has 0 unspecified atom stereocenters. The number of nitrogens with one attached hydrogen (secondary N) is 2. The van der Waals surface area contributed by atoms with Crippen LogP contribution in [0.3, 0.4) is 0 Å². The molecule has 0 radical (unpaired) electrons. The van der Waals surface area contributed by atoms with Gasteiger partial charge in [-0.1, -0.05) is 12.1 Å². The predicted octanol–water partition coefficient (Wildman–Crippen LogP) is 2.90. The van der Waals surface area contributed by atoms with Crippen LogP contribution in [-0.4, -0.2) is 42.9 Å². The molecule has 2 rings (SSSR count). The Bertz CT molecular complexity index is 578. The molecule has 0 atom stereocenters. The van der Waals surface area contributed by atoms with Crippen LogP contribution >= 0.6 is 24.0 Å². The number of amides is 1. The molecule has 2 N–H and O–H groups in total. The lowest BCUT2D eigenvalue weighted by molar-refractivity contribution is -0.121. The standard InChI is InChI=1S/C18H27FN4O.HI/c1-3-20-18(21-11-5-8-17(24)22-16-9-10-16)23(2)13-14-6-4-7-15(19)12-14;/h4,6-7,12,16H,3,5,8-11,13H2,1-2H3,(H,20,21)(H,22,24);1H. The van der Waals surface area contributed by atoms with Gasteiger partial charge in [-0.15, -0.1) is 24.0 Å². The number of hydrogen-bond donors (Lipinski definition) is 2. The number of benzene rings is 1. The minimum atomic E-state index is -0.232. The maximum atomic E-state index is 13.3. The third kappa shape index (κ3) is 8.51. The average Bonchev–Trinajstić information content (AvgIpc) is 3.34. The molecule has 0 spiro atoms. The van der Waals surface area contributed by atoms with Crippen LogP contribution in [0, 0.1) is 5.82 Å². The Balaban J connectivity index is 0.00000312. The van der Waals surface area contributed by atoms with E-state index in [-0.39, 0.29) is 35.7 Å². The van der Waals surface area contributed by atoms with Crippen LogP contribution in [0.1, 0.15) is 38.2 Å². The first-order valence-electron chi connectivity index (χ1n) is 8.61. The van der Waals surface area contributed by atoms with Gasteiger partial charge in [0.05, 0.1) is 0 Å². The van der Waals surface area contributed by atoms with Crippen molar-refractivity contribution in [2.75, 3.05) is 20.1 Å². The molecule has 0 bridgehead atoms. The van der Waals surface area contributed by atoms with E-state index in [0.29, 0.717) is 25.6 Å². The first kappa shape index (κ1) is 21.7. The van der Waals surface area contributed by atoms with E-state index < -0.39 is 0 Å². The zero-order valence-electron chi connectivity index (χ0n) is 14.9. The van der Waals surface area contributed by atoms with Gasteiger partial charge in [0.1, 0.15) is 5.82 Å². The molecule has 0 aliphatic heterocycles. The summed E-state index contributed by atoms with van der Waals surface area (Å²) in [7, 11) is 1.92. The van der Waals surface area contributed by atoms with Crippen molar-refractivity contribution in [1.29, 1.82) is 0 Å². The smallest absolute Gasteiger partial charge is 0.220 e. The number of rotatable bonds is 8. The van der Waals surface area contributed by atoms with Gasteiger partial charge in [-0.25, -0.2) is 4.39 Å². The maximum Gasteiger partial charge on any atom is 0.220 e. The predicted molar refractivity (Wildman–Crippen MR) is 110 cm³/mol. The molecule has 1 aromatic carbocycles. The van der Waals surface area contributed by atoms with Crippen LogP contribution in [0.5, 0.6) is 0 Å². The van der Waals surface area contributed by atoms with Gasteiger partial charge in [-0.3, -0.25) is 9.79 Å². The van der Waals surface area contributed by atoms with Gasteiger partial charge < -0.3 is 15.5 Å². The number of halogens is 2. The van der Waals surface area contributed by atoms with Crippen LogP contribution in [0.15, 0.2) is 29.3 Å². The summed E-state index contributed by atoms with van der Waals surface area (Å²) >= 11 is 0. The van der Waals surface area contributed by atoms with Crippen molar-refractivity contribution >= 4 is 35.8 Å². The normalized spacial score (nSPS) is 13.8. The summed E-state index contributed by atoms with van der Waals surface area (Å²) in [6.45, 7) is 3.93. The van der Waals surface area contributed by atoms with Crippen molar-refractivity contribution in [3.63, 3.8) is 0 Å². The summed E-state index contributed by atoms with van der Waals surface area (Å²) in [4.78, 5) is 18.2. The van der Waals surface area contributed by atoms with Crippen molar-refractivity contribution < 1.29 is 9.18 Å². The zero-order valence-corrected chi connectivity index (χ0v) is 17.3. The Morgan fingerprint density at radius 1 is 1.40 bits per heavy atom. The van der Waals surface area contributed by atoms with E-state index in [2.05, 4.69) is 15.6 Å². The topological polar surface area (TPSA) is 56.7 Å². The molecule has 1 saturated carbocycles. The lowest BCUT2D eigenvalue weighted by atomic mass is 10.2. The van der Waals surface area contributed by atoms with Gasteiger partial charge in [-0.05, 0) is 43.9 Å². The molecule has 25 heavy (non-hydrogen) atoms. The average molecular weight is 462 g/mol. The molecule has 5 nitrogen and oxygen atoms in total. The number of aliphatic imine (C=N–C) groups is 1. The fourth-order valence-corrected chi connectivity index (χ4v) is 2.41. The van der Waals surface area contributed by atoms with Crippen molar-refractivity contribution in [2.45, 2.75) is 45.2 Å². The highest BCUT2D eigenvalue weighted by Crippen LogP contribution is 2.18. The lowest BCUT2D eigenvalue weighted by Crippen LogP contribution is -2.38. The number of nitrogens with zero attached hydrogens (tertiary/aromatic N) is 2.